The molecule has 1 aliphatic heterocycles. The molecule has 1 aliphatic carbocycles. The average Bonchev–Trinajstić information content (AvgIpc) is 3.12. The molecule has 0 saturated carbocycles. The number of hydrogen-bond donors (Lipinski definition) is 0. The summed E-state index contributed by atoms with van der Waals surface area (Å²) in [6, 6.07) is 24.8. The predicted molar refractivity (Wildman–Crippen MR) is 132 cm³/mol. The van der Waals surface area contributed by atoms with Gasteiger partial charge in [-0.05, 0) is 11.6 Å². The monoisotopic (exact) mass is 452 g/mol. The van der Waals surface area contributed by atoms with Crippen LogP contribution in [0.1, 0.15) is 31.8 Å². The summed E-state index contributed by atoms with van der Waals surface area (Å²) in [6.07, 6.45) is 1.74. The van der Waals surface area contributed by atoms with Crippen LogP contribution in [0.3, 0.4) is 0 Å². The van der Waals surface area contributed by atoms with Gasteiger partial charge in [0.2, 0.25) is 0 Å². The molecule has 34 heavy (non-hydrogen) atoms. The second kappa shape index (κ2) is 9.37. The molecule has 5 nitrogen and oxygen atoms in total. The molecular formula is C29H28N2O3. The zero-order chi connectivity index (χ0) is 23.5. The highest BCUT2D eigenvalue weighted by molar-refractivity contribution is 6.32. The Hall–Kier alpha value is -3.54. The number of carbonyl (C=O) groups is 2. The van der Waals surface area contributed by atoms with Gasteiger partial charge in [0.05, 0.1) is 0 Å². The molecule has 0 atom stereocenters. The predicted octanol–water partition coefficient (Wildman–Crippen LogP) is 4.34. The second-order valence-corrected chi connectivity index (χ2v) is 8.75. The van der Waals surface area contributed by atoms with Gasteiger partial charge in [0.25, 0.3) is 0 Å². The van der Waals surface area contributed by atoms with Crippen LogP contribution in [0.15, 0.2) is 91.5 Å². The van der Waals surface area contributed by atoms with Crippen LogP contribution in [0.5, 0.6) is 5.75 Å². The summed E-state index contributed by atoms with van der Waals surface area (Å²) < 4.78 is 5.82. The Morgan fingerprint density at radius 3 is 2.03 bits per heavy atom. The van der Waals surface area contributed by atoms with Crippen LogP contribution in [0.25, 0.3) is 0 Å². The van der Waals surface area contributed by atoms with Gasteiger partial charge >= 0.3 is 0 Å². The molecular weight excluding hydrogens is 424 g/mol. The quantitative estimate of drug-likeness (QED) is 0.394. The maximum atomic E-state index is 13.8. The van der Waals surface area contributed by atoms with Gasteiger partial charge in [0, 0.05) is 49.4 Å². The zero-order valence-electron chi connectivity index (χ0n) is 19.2. The summed E-state index contributed by atoms with van der Waals surface area (Å²) in [7, 11) is 0. The SMILES string of the molecule is C=CCOc1ccccc1CN1CCN(C2(c3ccccc3)C(=O)c3ccccc3C2=O)CC1. The molecule has 3 aromatic carbocycles. The number of nitrogens with zero attached hydrogens (tertiary/aromatic N) is 2. The van der Waals surface area contributed by atoms with Crippen LogP contribution < -0.4 is 4.74 Å². The van der Waals surface area contributed by atoms with E-state index in [1.165, 1.54) is 0 Å². The molecule has 0 spiro atoms. The van der Waals surface area contributed by atoms with E-state index in [9.17, 15) is 9.59 Å². The Kier molecular flexibility index (Phi) is 6.14. The Morgan fingerprint density at radius 1 is 0.794 bits per heavy atom. The Bertz CT molecular complexity index is 1180. The first-order valence-corrected chi connectivity index (χ1v) is 11.7. The van der Waals surface area contributed by atoms with Gasteiger partial charge in [-0.2, -0.15) is 0 Å². The maximum Gasteiger partial charge on any atom is 0.196 e. The molecule has 1 heterocycles. The van der Waals surface area contributed by atoms with Crippen molar-refractivity contribution >= 4 is 11.6 Å². The molecule has 0 amide bonds. The van der Waals surface area contributed by atoms with Crippen molar-refractivity contribution in [2.45, 2.75) is 12.1 Å². The highest BCUT2D eigenvalue weighted by atomic mass is 16.5. The molecule has 0 bridgehead atoms. The molecule has 0 N–H and O–H groups in total. The number of ketones is 2. The van der Waals surface area contributed by atoms with Crippen molar-refractivity contribution in [3.8, 4) is 5.75 Å². The number of fused-ring (bicyclic) bond motifs is 1. The smallest absolute Gasteiger partial charge is 0.196 e. The Labute approximate surface area is 200 Å². The van der Waals surface area contributed by atoms with Crippen LogP contribution in [-0.4, -0.2) is 54.2 Å². The number of piperazine rings is 1. The van der Waals surface area contributed by atoms with Gasteiger partial charge in [0.15, 0.2) is 17.1 Å². The van der Waals surface area contributed by atoms with Gasteiger partial charge in [-0.15, -0.1) is 0 Å². The van der Waals surface area contributed by atoms with Crippen molar-refractivity contribution in [3.05, 3.63) is 114 Å². The first-order chi connectivity index (χ1) is 16.7. The topological polar surface area (TPSA) is 49.9 Å². The highest BCUT2D eigenvalue weighted by Crippen LogP contribution is 2.43. The van der Waals surface area contributed by atoms with Crippen LogP contribution in [0, 0.1) is 0 Å². The molecule has 0 aromatic heterocycles. The zero-order valence-corrected chi connectivity index (χ0v) is 19.2. The van der Waals surface area contributed by atoms with E-state index in [0.29, 0.717) is 30.8 Å². The summed E-state index contributed by atoms with van der Waals surface area (Å²) in [6.45, 7) is 7.69. The molecule has 0 unspecified atom stereocenters. The standard InChI is InChI=1S/C29H28N2O3/c1-2-20-34-26-15-9-6-10-22(26)21-30-16-18-31(19-17-30)29(23-11-4-3-5-12-23)27(32)24-13-7-8-14-25(24)28(29)33/h2-15H,1,16-21H2. The lowest BCUT2D eigenvalue weighted by atomic mass is 9.82. The van der Waals surface area contributed by atoms with E-state index in [1.807, 2.05) is 60.7 Å². The number of ether oxygens (including phenoxy) is 1. The van der Waals surface area contributed by atoms with Crippen molar-refractivity contribution in [2.75, 3.05) is 32.8 Å². The minimum Gasteiger partial charge on any atom is -0.489 e. The van der Waals surface area contributed by atoms with E-state index in [1.54, 1.807) is 18.2 Å². The van der Waals surface area contributed by atoms with E-state index >= 15 is 0 Å². The van der Waals surface area contributed by atoms with Gasteiger partial charge in [0.1, 0.15) is 12.4 Å². The number of rotatable bonds is 7. The van der Waals surface area contributed by atoms with E-state index in [2.05, 4.69) is 22.4 Å². The van der Waals surface area contributed by atoms with E-state index in [-0.39, 0.29) is 11.6 Å². The van der Waals surface area contributed by atoms with Crippen LogP contribution in [-0.2, 0) is 12.1 Å². The lowest BCUT2D eigenvalue weighted by Gasteiger charge is -2.44. The van der Waals surface area contributed by atoms with Crippen LogP contribution in [0.2, 0.25) is 0 Å². The fourth-order valence-corrected chi connectivity index (χ4v) is 5.19. The number of benzene rings is 3. The largest absolute Gasteiger partial charge is 0.489 e. The molecule has 3 aromatic rings. The van der Waals surface area contributed by atoms with Crippen molar-refractivity contribution in [3.63, 3.8) is 0 Å². The van der Waals surface area contributed by atoms with Crippen molar-refractivity contribution < 1.29 is 14.3 Å². The third-order valence-electron chi connectivity index (χ3n) is 6.83. The fourth-order valence-electron chi connectivity index (χ4n) is 5.19. The molecule has 5 rings (SSSR count). The molecule has 2 aliphatic rings. The second-order valence-electron chi connectivity index (χ2n) is 8.75. The van der Waals surface area contributed by atoms with Crippen molar-refractivity contribution in [1.29, 1.82) is 0 Å². The van der Waals surface area contributed by atoms with Gasteiger partial charge in [-0.25, -0.2) is 0 Å². The molecule has 5 heteroatoms. The molecule has 1 fully saturated rings. The van der Waals surface area contributed by atoms with E-state index in [0.717, 1.165) is 36.5 Å². The van der Waals surface area contributed by atoms with Gasteiger partial charge in [-0.1, -0.05) is 85.5 Å². The van der Waals surface area contributed by atoms with E-state index < -0.39 is 5.54 Å². The highest BCUT2D eigenvalue weighted by Gasteiger charge is 2.58. The minimum atomic E-state index is -1.29. The average molecular weight is 453 g/mol. The minimum absolute atomic E-state index is 0.115. The molecule has 1 saturated heterocycles. The third kappa shape index (κ3) is 3.67. The summed E-state index contributed by atoms with van der Waals surface area (Å²) in [4.78, 5) is 32.1. The summed E-state index contributed by atoms with van der Waals surface area (Å²) in [5.41, 5.74) is 1.62. The summed E-state index contributed by atoms with van der Waals surface area (Å²) >= 11 is 0. The third-order valence-corrected chi connectivity index (χ3v) is 6.83. The maximum absolute atomic E-state index is 13.8. The molecule has 0 radical (unpaired) electrons. The number of para-hydroxylation sites is 1. The lowest BCUT2D eigenvalue weighted by molar-refractivity contribution is 0.0278. The van der Waals surface area contributed by atoms with Crippen LogP contribution in [0.4, 0.5) is 0 Å². The molecule has 172 valence electrons. The van der Waals surface area contributed by atoms with Crippen molar-refractivity contribution in [2.24, 2.45) is 0 Å². The number of hydrogen-bond acceptors (Lipinski definition) is 5. The van der Waals surface area contributed by atoms with Crippen molar-refractivity contribution in [1.82, 2.24) is 9.80 Å². The Balaban J connectivity index is 1.40. The van der Waals surface area contributed by atoms with Gasteiger partial charge in [-0.3, -0.25) is 19.4 Å². The first-order valence-electron chi connectivity index (χ1n) is 11.7. The number of carbonyl (C=O) groups excluding carboxylic acids is 2. The number of Topliss-reactive ketones (excluding diaryl/α,β-unsaturated/α-hetero) is 2. The lowest BCUT2D eigenvalue weighted by Crippen LogP contribution is -2.60. The summed E-state index contributed by atoms with van der Waals surface area (Å²) in [5, 5.41) is 0. The normalized spacial score (nSPS) is 18.0. The summed E-state index contributed by atoms with van der Waals surface area (Å²) in [5.74, 6) is 0.633. The fraction of sp³-hybridized carbons (Fsp3) is 0.241. The van der Waals surface area contributed by atoms with Gasteiger partial charge < -0.3 is 4.74 Å². The van der Waals surface area contributed by atoms with E-state index in [4.69, 9.17) is 4.74 Å². The Morgan fingerprint density at radius 2 is 1.38 bits per heavy atom. The first kappa shape index (κ1) is 22.3. The van der Waals surface area contributed by atoms with Crippen LogP contribution >= 0.6 is 0 Å².